The average Bonchev–Trinajstić information content (AvgIpc) is 3.16. The molecule has 3 aromatic rings. The molecule has 1 heterocycles. The number of benzene rings is 2. The van der Waals surface area contributed by atoms with E-state index in [1.54, 1.807) is 6.07 Å². The van der Waals surface area contributed by atoms with Gasteiger partial charge < -0.3 is 10.1 Å². The quantitative estimate of drug-likeness (QED) is 0.623. The minimum absolute atomic E-state index is 0.00327. The number of halogens is 3. The lowest BCUT2D eigenvalue weighted by Crippen LogP contribution is -2.31. The Morgan fingerprint density at radius 3 is 2.53 bits per heavy atom. The lowest BCUT2D eigenvalue weighted by atomic mass is 10.0. The summed E-state index contributed by atoms with van der Waals surface area (Å²) in [5, 5.41) is 15.0. The van der Waals surface area contributed by atoms with E-state index in [1.165, 1.54) is 23.0 Å². The molecule has 0 aliphatic carbocycles. The second kappa shape index (κ2) is 8.93. The van der Waals surface area contributed by atoms with Crippen molar-refractivity contribution in [2.45, 2.75) is 26.1 Å². The number of carbonyl (C=O) groups excluding carboxylic acids is 1. The molecule has 0 unspecified atom stereocenters. The average molecular weight is 419 g/mol. The van der Waals surface area contributed by atoms with Crippen molar-refractivity contribution in [2.75, 3.05) is 11.9 Å². The first-order valence-corrected chi connectivity index (χ1v) is 9.18. The molecule has 0 spiro atoms. The van der Waals surface area contributed by atoms with Crippen LogP contribution in [-0.4, -0.2) is 38.9 Å². The van der Waals surface area contributed by atoms with Crippen molar-refractivity contribution in [2.24, 2.45) is 5.92 Å². The van der Waals surface area contributed by atoms with Gasteiger partial charge in [0.1, 0.15) is 5.75 Å². The van der Waals surface area contributed by atoms with Crippen LogP contribution < -0.4 is 10.1 Å². The number of hydrogen-bond donors (Lipinski definition) is 1. The largest absolute Gasteiger partial charge is 0.484 e. The minimum atomic E-state index is -4.45. The Bertz CT molecular complexity index is 989. The molecule has 1 atom stereocenters. The SMILES string of the molecule is CC(C)[C@@H](C(=O)Nc1cccc(OCC(F)(F)F)c1)n1nnc(-c2ccccc2)n1. The van der Waals surface area contributed by atoms with Crippen molar-refractivity contribution in [1.82, 2.24) is 20.2 Å². The van der Waals surface area contributed by atoms with E-state index in [4.69, 9.17) is 4.74 Å². The van der Waals surface area contributed by atoms with Crippen LogP contribution in [0.1, 0.15) is 19.9 Å². The zero-order chi connectivity index (χ0) is 21.7. The van der Waals surface area contributed by atoms with Gasteiger partial charge in [-0.3, -0.25) is 4.79 Å². The number of rotatable bonds is 7. The fraction of sp³-hybridized carbons (Fsp3) is 0.300. The summed E-state index contributed by atoms with van der Waals surface area (Å²) in [4.78, 5) is 14.1. The first-order chi connectivity index (χ1) is 14.2. The van der Waals surface area contributed by atoms with Gasteiger partial charge in [0, 0.05) is 17.3 Å². The monoisotopic (exact) mass is 419 g/mol. The molecule has 0 fully saturated rings. The normalized spacial score (nSPS) is 12.6. The molecule has 2 aromatic carbocycles. The Labute approximate surface area is 170 Å². The van der Waals surface area contributed by atoms with Crippen LogP contribution in [0.5, 0.6) is 5.75 Å². The summed E-state index contributed by atoms with van der Waals surface area (Å²) in [6.07, 6.45) is -4.45. The molecule has 0 radical (unpaired) electrons. The molecule has 0 saturated heterocycles. The molecule has 0 bridgehead atoms. The van der Waals surface area contributed by atoms with E-state index < -0.39 is 24.7 Å². The first-order valence-electron chi connectivity index (χ1n) is 9.18. The van der Waals surface area contributed by atoms with Crippen molar-refractivity contribution in [3.63, 3.8) is 0 Å². The highest BCUT2D eigenvalue weighted by molar-refractivity contribution is 5.93. The van der Waals surface area contributed by atoms with E-state index >= 15 is 0 Å². The van der Waals surface area contributed by atoms with Crippen molar-refractivity contribution in [1.29, 1.82) is 0 Å². The number of nitrogens with one attached hydrogen (secondary N) is 1. The lowest BCUT2D eigenvalue weighted by molar-refractivity contribution is -0.153. The summed E-state index contributed by atoms with van der Waals surface area (Å²) in [5.41, 5.74) is 1.06. The molecule has 3 rings (SSSR count). The smallest absolute Gasteiger partial charge is 0.422 e. The topological polar surface area (TPSA) is 81.9 Å². The number of carbonyl (C=O) groups is 1. The van der Waals surface area contributed by atoms with Gasteiger partial charge in [0.2, 0.25) is 5.82 Å². The summed E-state index contributed by atoms with van der Waals surface area (Å²) >= 11 is 0. The number of alkyl halides is 3. The second-order valence-corrected chi connectivity index (χ2v) is 6.91. The van der Waals surface area contributed by atoms with Gasteiger partial charge in [0.25, 0.3) is 5.91 Å². The molecule has 30 heavy (non-hydrogen) atoms. The van der Waals surface area contributed by atoms with Gasteiger partial charge in [-0.1, -0.05) is 50.2 Å². The molecule has 1 amide bonds. The molecular formula is C20H20F3N5O2. The van der Waals surface area contributed by atoms with E-state index in [1.807, 2.05) is 44.2 Å². The van der Waals surface area contributed by atoms with Crippen LogP contribution in [0.25, 0.3) is 11.4 Å². The molecule has 7 nitrogen and oxygen atoms in total. The van der Waals surface area contributed by atoms with Crippen LogP contribution in [0.2, 0.25) is 0 Å². The summed E-state index contributed by atoms with van der Waals surface area (Å²) < 4.78 is 41.7. The third-order valence-electron chi connectivity index (χ3n) is 4.11. The minimum Gasteiger partial charge on any atom is -0.484 e. The maximum absolute atomic E-state index is 12.9. The Morgan fingerprint density at radius 2 is 1.87 bits per heavy atom. The van der Waals surface area contributed by atoms with E-state index in [2.05, 4.69) is 20.7 Å². The van der Waals surface area contributed by atoms with Crippen LogP contribution in [0.3, 0.4) is 0 Å². The zero-order valence-electron chi connectivity index (χ0n) is 16.3. The Hall–Kier alpha value is -3.43. The zero-order valence-corrected chi connectivity index (χ0v) is 16.3. The number of amides is 1. The Morgan fingerprint density at radius 1 is 1.13 bits per heavy atom. The van der Waals surface area contributed by atoms with Gasteiger partial charge in [-0.2, -0.15) is 18.0 Å². The second-order valence-electron chi connectivity index (χ2n) is 6.91. The van der Waals surface area contributed by atoms with Crippen molar-refractivity contribution >= 4 is 11.6 Å². The van der Waals surface area contributed by atoms with E-state index in [0.29, 0.717) is 11.5 Å². The molecular weight excluding hydrogens is 399 g/mol. The fourth-order valence-electron chi connectivity index (χ4n) is 2.77. The number of ether oxygens (including phenoxy) is 1. The van der Waals surface area contributed by atoms with Gasteiger partial charge >= 0.3 is 6.18 Å². The molecule has 1 N–H and O–H groups in total. The molecule has 0 saturated carbocycles. The number of aromatic nitrogens is 4. The third-order valence-corrected chi connectivity index (χ3v) is 4.11. The summed E-state index contributed by atoms with van der Waals surface area (Å²) in [6, 6.07) is 14.2. The third kappa shape index (κ3) is 5.56. The fourth-order valence-corrected chi connectivity index (χ4v) is 2.77. The van der Waals surface area contributed by atoms with Crippen LogP contribution in [0.15, 0.2) is 54.6 Å². The highest BCUT2D eigenvalue weighted by atomic mass is 19.4. The summed E-state index contributed by atoms with van der Waals surface area (Å²) in [7, 11) is 0. The molecule has 0 aliphatic heterocycles. The molecule has 1 aromatic heterocycles. The Balaban J connectivity index is 1.75. The first kappa shape index (κ1) is 21.3. The highest BCUT2D eigenvalue weighted by Gasteiger charge is 2.29. The van der Waals surface area contributed by atoms with Crippen molar-refractivity contribution < 1.29 is 22.7 Å². The van der Waals surface area contributed by atoms with Gasteiger partial charge in [0.15, 0.2) is 12.6 Å². The summed E-state index contributed by atoms with van der Waals surface area (Å²) in [6.45, 7) is 2.25. The standard InChI is InChI=1S/C20H20F3N5O2/c1-13(2)17(28-26-18(25-27-28)14-7-4-3-5-8-14)19(29)24-15-9-6-10-16(11-15)30-12-20(21,22)23/h3-11,13,17H,12H2,1-2H3,(H,24,29)/t17-/m0/s1. The summed E-state index contributed by atoms with van der Waals surface area (Å²) in [5.74, 6) is -0.212. The number of hydrogen-bond acceptors (Lipinski definition) is 5. The van der Waals surface area contributed by atoms with Gasteiger partial charge in [-0.25, -0.2) is 0 Å². The van der Waals surface area contributed by atoms with Crippen LogP contribution in [0, 0.1) is 5.92 Å². The van der Waals surface area contributed by atoms with Crippen LogP contribution >= 0.6 is 0 Å². The molecule has 10 heteroatoms. The van der Waals surface area contributed by atoms with Crippen LogP contribution in [0.4, 0.5) is 18.9 Å². The number of nitrogens with zero attached hydrogens (tertiary/aromatic N) is 4. The van der Waals surface area contributed by atoms with Crippen molar-refractivity contribution in [3.8, 4) is 17.1 Å². The lowest BCUT2D eigenvalue weighted by Gasteiger charge is -2.19. The molecule has 158 valence electrons. The predicted octanol–water partition coefficient (Wildman–Crippen LogP) is 4.12. The molecule has 0 aliphatic rings. The van der Waals surface area contributed by atoms with Gasteiger partial charge in [-0.05, 0) is 23.3 Å². The number of tetrazole rings is 1. The predicted molar refractivity (Wildman–Crippen MR) is 104 cm³/mol. The highest BCUT2D eigenvalue weighted by Crippen LogP contribution is 2.24. The maximum Gasteiger partial charge on any atom is 0.422 e. The maximum atomic E-state index is 12.9. The number of anilines is 1. The van der Waals surface area contributed by atoms with E-state index in [-0.39, 0.29) is 11.7 Å². The van der Waals surface area contributed by atoms with E-state index in [9.17, 15) is 18.0 Å². The Kier molecular flexibility index (Phi) is 6.34. The van der Waals surface area contributed by atoms with Crippen molar-refractivity contribution in [3.05, 3.63) is 54.6 Å². The van der Waals surface area contributed by atoms with Gasteiger partial charge in [-0.15, -0.1) is 10.2 Å². The van der Waals surface area contributed by atoms with Crippen LogP contribution in [-0.2, 0) is 4.79 Å². The van der Waals surface area contributed by atoms with E-state index in [0.717, 1.165) is 5.56 Å². The van der Waals surface area contributed by atoms with Gasteiger partial charge in [0.05, 0.1) is 0 Å².